The van der Waals surface area contributed by atoms with Crippen molar-refractivity contribution in [2.75, 3.05) is 45.9 Å². The summed E-state index contributed by atoms with van der Waals surface area (Å²) in [6, 6.07) is 21.2. The molecule has 1 aliphatic rings. The van der Waals surface area contributed by atoms with Crippen LogP contribution in [0.15, 0.2) is 60.7 Å². The monoisotopic (exact) mass is 338 g/mol. The van der Waals surface area contributed by atoms with Gasteiger partial charge in [0.05, 0.1) is 6.61 Å². The predicted molar refractivity (Wildman–Crippen MR) is 104 cm³/mol. The summed E-state index contributed by atoms with van der Waals surface area (Å²) in [5.74, 6) is 0.228. The molecule has 1 saturated heterocycles. The summed E-state index contributed by atoms with van der Waals surface area (Å²) in [5, 5.41) is 9.75. The summed E-state index contributed by atoms with van der Waals surface area (Å²) in [6.07, 6.45) is 2.40. The molecule has 1 aliphatic heterocycles. The van der Waals surface area contributed by atoms with Crippen LogP contribution in [0.25, 0.3) is 0 Å². The first-order valence-corrected chi connectivity index (χ1v) is 9.49. The van der Waals surface area contributed by atoms with E-state index in [4.69, 9.17) is 0 Å². The molecule has 3 rings (SSSR count). The van der Waals surface area contributed by atoms with E-state index in [2.05, 4.69) is 64.4 Å². The molecule has 1 unspecified atom stereocenters. The van der Waals surface area contributed by atoms with Gasteiger partial charge in [-0.25, -0.2) is 0 Å². The third-order valence-corrected chi connectivity index (χ3v) is 5.22. The first-order chi connectivity index (χ1) is 12.3. The molecule has 0 radical (unpaired) electrons. The van der Waals surface area contributed by atoms with Gasteiger partial charge in [-0.05, 0) is 30.5 Å². The maximum absolute atomic E-state index is 9.75. The van der Waals surface area contributed by atoms with Crippen molar-refractivity contribution in [2.24, 2.45) is 0 Å². The molecule has 0 bridgehead atoms. The number of piperazine rings is 1. The average molecular weight is 338 g/mol. The lowest BCUT2D eigenvalue weighted by molar-refractivity contribution is 0.115. The molecule has 0 saturated carbocycles. The van der Waals surface area contributed by atoms with Gasteiger partial charge in [-0.1, -0.05) is 60.7 Å². The van der Waals surface area contributed by atoms with Crippen molar-refractivity contribution in [3.05, 3.63) is 71.8 Å². The molecule has 1 atom stereocenters. The van der Waals surface area contributed by atoms with E-state index in [1.807, 2.05) is 6.07 Å². The Morgan fingerprint density at radius 2 is 1.40 bits per heavy atom. The number of rotatable bonds is 8. The summed E-state index contributed by atoms with van der Waals surface area (Å²) >= 11 is 0. The van der Waals surface area contributed by atoms with Gasteiger partial charge in [-0.15, -0.1) is 0 Å². The molecule has 3 heteroatoms. The molecule has 3 nitrogen and oxygen atoms in total. The standard InChI is InChI=1S/C22H30N2O/c25-19-22(21-11-5-2-6-12-21)18-24-16-14-23(15-17-24)13-7-10-20-8-3-1-4-9-20/h1-6,8-9,11-12,22,25H,7,10,13-19H2. The Morgan fingerprint density at radius 1 is 0.800 bits per heavy atom. The van der Waals surface area contributed by atoms with Crippen LogP contribution in [-0.4, -0.2) is 60.8 Å². The Kier molecular flexibility index (Phi) is 7.04. The third kappa shape index (κ3) is 5.67. The number of aliphatic hydroxyl groups is 1. The number of aliphatic hydroxyl groups excluding tert-OH is 1. The number of benzene rings is 2. The number of hydrogen-bond donors (Lipinski definition) is 1. The van der Waals surface area contributed by atoms with Crippen molar-refractivity contribution in [3.63, 3.8) is 0 Å². The second-order valence-electron chi connectivity index (χ2n) is 7.02. The molecule has 1 heterocycles. The van der Waals surface area contributed by atoms with E-state index in [-0.39, 0.29) is 12.5 Å². The number of nitrogens with zero attached hydrogens (tertiary/aromatic N) is 2. The van der Waals surface area contributed by atoms with Gasteiger partial charge in [0.1, 0.15) is 0 Å². The van der Waals surface area contributed by atoms with E-state index < -0.39 is 0 Å². The highest BCUT2D eigenvalue weighted by Crippen LogP contribution is 2.17. The van der Waals surface area contributed by atoms with Crippen molar-refractivity contribution in [2.45, 2.75) is 18.8 Å². The molecule has 1 fully saturated rings. The van der Waals surface area contributed by atoms with Crippen LogP contribution in [0.2, 0.25) is 0 Å². The van der Waals surface area contributed by atoms with E-state index in [1.165, 1.54) is 30.5 Å². The fourth-order valence-corrected chi connectivity index (χ4v) is 3.65. The molecular weight excluding hydrogens is 308 g/mol. The normalized spacial score (nSPS) is 17.5. The minimum absolute atomic E-state index is 0.224. The van der Waals surface area contributed by atoms with Crippen molar-refractivity contribution in [3.8, 4) is 0 Å². The van der Waals surface area contributed by atoms with E-state index >= 15 is 0 Å². The van der Waals surface area contributed by atoms with Gasteiger partial charge in [0.2, 0.25) is 0 Å². The maximum Gasteiger partial charge on any atom is 0.0512 e. The Labute approximate surface area is 151 Å². The fourth-order valence-electron chi connectivity index (χ4n) is 3.65. The van der Waals surface area contributed by atoms with E-state index in [9.17, 15) is 5.11 Å². The maximum atomic E-state index is 9.75. The van der Waals surface area contributed by atoms with Crippen LogP contribution >= 0.6 is 0 Å². The topological polar surface area (TPSA) is 26.7 Å². The Morgan fingerprint density at radius 3 is 2.04 bits per heavy atom. The second-order valence-corrected chi connectivity index (χ2v) is 7.02. The minimum Gasteiger partial charge on any atom is -0.396 e. The van der Waals surface area contributed by atoms with Gasteiger partial charge in [-0.3, -0.25) is 0 Å². The molecule has 0 aromatic heterocycles. The van der Waals surface area contributed by atoms with Crippen LogP contribution in [0.1, 0.15) is 23.5 Å². The average Bonchev–Trinajstić information content (AvgIpc) is 2.69. The van der Waals surface area contributed by atoms with E-state index in [0.717, 1.165) is 32.7 Å². The lowest BCUT2D eigenvalue weighted by Gasteiger charge is -2.36. The largest absolute Gasteiger partial charge is 0.396 e. The molecule has 2 aromatic rings. The smallest absolute Gasteiger partial charge is 0.0512 e. The molecule has 0 spiro atoms. The van der Waals surface area contributed by atoms with Gasteiger partial charge >= 0.3 is 0 Å². The Balaban J connectivity index is 1.38. The molecule has 2 aromatic carbocycles. The van der Waals surface area contributed by atoms with Gasteiger partial charge in [0.15, 0.2) is 0 Å². The highest BCUT2D eigenvalue weighted by Gasteiger charge is 2.20. The molecular formula is C22H30N2O. The van der Waals surface area contributed by atoms with Gasteiger partial charge in [0, 0.05) is 38.6 Å². The highest BCUT2D eigenvalue weighted by molar-refractivity contribution is 5.20. The SMILES string of the molecule is OCC(CN1CCN(CCCc2ccccc2)CC1)c1ccccc1. The second kappa shape index (κ2) is 9.71. The lowest BCUT2D eigenvalue weighted by atomic mass is 9.99. The molecule has 134 valence electrons. The highest BCUT2D eigenvalue weighted by atomic mass is 16.3. The summed E-state index contributed by atoms with van der Waals surface area (Å²) < 4.78 is 0. The van der Waals surface area contributed by atoms with Crippen LogP contribution in [-0.2, 0) is 6.42 Å². The zero-order valence-corrected chi connectivity index (χ0v) is 15.1. The molecule has 0 amide bonds. The summed E-state index contributed by atoms with van der Waals surface area (Å²) in [5.41, 5.74) is 2.69. The Hall–Kier alpha value is -1.68. The zero-order chi connectivity index (χ0) is 17.3. The van der Waals surface area contributed by atoms with Gasteiger partial charge < -0.3 is 14.9 Å². The zero-order valence-electron chi connectivity index (χ0n) is 15.1. The van der Waals surface area contributed by atoms with Gasteiger partial charge in [-0.2, -0.15) is 0 Å². The Bertz CT molecular complexity index is 594. The first-order valence-electron chi connectivity index (χ1n) is 9.49. The van der Waals surface area contributed by atoms with E-state index in [1.54, 1.807) is 0 Å². The van der Waals surface area contributed by atoms with Crippen molar-refractivity contribution >= 4 is 0 Å². The van der Waals surface area contributed by atoms with Crippen molar-refractivity contribution in [1.29, 1.82) is 0 Å². The van der Waals surface area contributed by atoms with Crippen molar-refractivity contribution < 1.29 is 5.11 Å². The molecule has 25 heavy (non-hydrogen) atoms. The van der Waals surface area contributed by atoms with Crippen molar-refractivity contribution in [1.82, 2.24) is 9.80 Å². The van der Waals surface area contributed by atoms with E-state index in [0.29, 0.717) is 0 Å². The predicted octanol–water partition coefficient (Wildman–Crippen LogP) is 3.01. The number of hydrogen-bond acceptors (Lipinski definition) is 3. The molecule has 0 aliphatic carbocycles. The lowest BCUT2D eigenvalue weighted by Crippen LogP contribution is -2.47. The quantitative estimate of drug-likeness (QED) is 0.801. The third-order valence-electron chi connectivity index (χ3n) is 5.22. The van der Waals surface area contributed by atoms with Crippen LogP contribution in [0.4, 0.5) is 0 Å². The summed E-state index contributed by atoms with van der Waals surface area (Å²) in [7, 11) is 0. The summed E-state index contributed by atoms with van der Waals surface area (Å²) in [4.78, 5) is 5.08. The molecule has 1 N–H and O–H groups in total. The van der Waals surface area contributed by atoms with Crippen LogP contribution < -0.4 is 0 Å². The minimum atomic E-state index is 0.224. The summed E-state index contributed by atoms with van der Waals surface area (Å²) in [6.45, 7) is 6.86. The van der Waals surface area contributed by atoms with Gasteiger partial charge in [0.25, 0.3) is 0 Å². The van der Waals surface area contributed by atoms with Crippen LogP contribution in [0.3, 0.4) is 0 Å². The first kappa shape index (κ1) is 18.1. The van der Waals surface area contributed by atoms with Crippen LogP contribution in [0.5, 0.6) is 0 Å². The fraction of sp³-hybridized carbons (Fsp3) is 0.455. The van der Waals surface area contributed by atoms with Crippen LogP contribution in [0, 0.1) is 0 Å². The number of aryl methyl sites for hydroxylation is 1.